The van der Waals surface area contributed by atoms with Crippen molar-refractivity contribution in [2.24, 2.45) is 11.7 Å². The number of likely N-dealkylation sites (tertiary alicyclic amines) is 1. The van der Waals surface area contributed by atoms with Gasteiger partial charge in [-0.15, -0.1) is 0 Å². The summed E-state index contributed by atoms with van der Waals surface area (Å²) >= 11 is 6.36. The second-order valence-corrected chi connectivity index (χ2v) is 6.57. The van der Waals surface area contributed by atoms with E-state index in [1.807, 2.05) is 12.1 Å². The van der Waals surface area contributed by atoms with E-state index < -0.39 is 0 Å². The summed E-state index contributed by atoms with van der Waals surface area (Å²) in [5, 5.41) is 0.612. The van der Waals surface area contributed by atoms with Crippen LogP contribution in [-0.2, 0) is 0 Å². The van der Waals surface area contributed by atoms with Gasteiger partial charge < -0.3 is 15.2 Å². The number of hydrogen-bond donors (Lipinski definition) is 1. The second-order valence-electron chi connectivity index (χ2n) is 6.17. The lowest BCUT2D eigenvalue weighted by Crippen LogP contribution is -2.36. The van der Waals surface area contributed by atoms with Gasteiger partial charge in [-0.1, -0.05) is 18.5 Å². The Morgan fingerprint density at radius 3 is 2.76 bits per heavy atom. The molecule has 0 saturated carbocycles. The summed E-state index contributed by atoms with van der Waals surface area (Å²) in [6.45, 7) is 7.33. The van der Waals surface area contributed by atoms with E-state index in [-0.39, 0.29) is 6.04 Å². The van der Waals surface area contributed by atoms with E-state index >= 15 is 0 Å². The SMILES string of the molecule is CC1CC(C)N(C(CN)c2cc(Cl)c3c(c2)OCCO3)C1. The zero-order valence-electron chi connectivity index (χ0n) is 12.6. The quantitative estimate of drug-likeness (QED) is 0.932. The molecule has 1 aromatic carbocycles. The summed E-state index contributed by atoms with van der Waals surface area (Å²) in [6.07, 6.45) is 1.22. The van der Waals surface area contributed by atoms with Crippen LogP contribution < -0.4 is 15.2 Å². The number of ether oxygens (including phenoxy) is 2. The van der Waals surface area contributed by atoms with Crippen LogP contribution in [-0.4, -0.2) is 37.2 Å². The second kappa shape index (κ2) is 6.03. The molecule has 0 spiro atoms. The molecule has 0 radical (unpaired) electrons. The van der Waals surface area contributed by atoms with Crippen LogP contribution in [0.25, 0.3) is 0 Å². The molecule has 5 heteroatoms. The number of benzene rings is 1. The van der Waals surface area contributed by atoms with Crippen molar-refractivity contribution in [1.29, 1.82) is 0 Å². The first-order valence-corrected chi connectivity index (χ1v) is 8.02. The van der Waals surface area contributed by atoms with Crippen molar-refractivity contribution in [2.45, 2.75) is 32.4 Å². The highest BCUT2D eigenvalue weighted by atomic mass is 35.5. The zero-order valence-corrected chi connectivity index (χ0v) is 13.4. The maximum Gasteiger partial charge on any atom is 0.179 e. The van der Waals surface area contributed by atoms with Crippen LogP contribution in [0.15, 0.2) is 12.1 Å². The Balaban J connectivity index is 1.92. The number of nitrogens with two attached hydrogens (primary N) is 1. The summed E-state index contributed by atoms with van der Waals surface area (Å²) in [6, 6.07) is 4.73. The summed E-state index contributed by atoms with van der Waals surface area (Å²) in [7, 11) is 0. The minimum Gasteiger partial charge on any atom is -0.486 e. The first kappa shape index (κ1) is 14.9. The van der Waals surface area contributed by atoms with Gasteiger partial charge in [0.2, 0.25) is 0 Å². The molecule has 116 valence electrons. The number of halogens is 1. The Morgan fingerprint density at radius 2 is 2.10 bits per heavy atom. The fourth-order valence-electron chi connectivity index (χ4n) is 3.55. The molecule has 0 aliphatic carbocycles. The molecule has 3 unspecified atom stereocenters. The molecule has 2 aliphatic rings. The molecule has 3 rings (SSSR count). The van der Waals surface area contributed by atoms with Crippen molar-refractivity contribution in [2.75, 3.05) is 26.3 Å². The predicted molar refractivity (Wildman–Crippen MR) is 84.2 cm³/mol. The van der Waals surface area contributed by atoms with Crippen LogP contribution in [0, 0.1) is 5.92 Å². The highest BCUT2D eigenvalue weighted by molar-refractivity contribution is 6.32. The lowest BCUT2D eigenvalue weighted by molar-refractivity contribution is 0.168. The first-order chi connectivity index (χ1) is 10.1. The van der Waals surface area contributed by atoms with Gasteiger partial charge in [0.25, 0.3) is 0 Å². The van der Waals surface area contributed by atoms with Gasteiger partial charge in [-0.25, -0.2) is 0 Å². The number of hydrogen-bond acceptors (Lipinski definition) is 4. The first-order valence-electron chi connectivity index (χ1n) is 7.65. The molecule has 1 fully saturated rings. The normalized spacial score (nSPS) is 26.9. The molecule has 2 heterocycles. The minimum absolute atomic E-state index is 0.179. The standard InChI is InChI=1S/C16H23ClN2O2/c1-10-5-11(2)19(9-10)14(8-18)12-6-13(17)16-15(7-12)20-3-4-21-16/h6-7,10-11,14H,3-5,8-9,18H2,1-2H3. The molecule has 2 N–H and O–H groups in total. The highest BCUT2D eigenvalue weighted by Gasteiger charge is 2.32. The van der Waals surface area contributed by atoms with E-state index in [1.54, 1.807) is 0 Å². The molecule has 2 aliphatic heterocycles. The highest BCUT2D eigenvalue weighted by Crippen LogP contribution is 2.41. The van der Waals surface area contributed by atoms with Crippen LogP contribution in [0.2, 0.25) is 5.02 Å². The molecular formula is C16H23ClN2O2. The van der Waals surface area contributed by atoms with Crippen molar-refractivity contribution in [3.05, 3.63) is 22.7 Å². The van der Waals surface area contributed by atoms with E-state index in [0.717, 1.165) is 17.9 Å². The summed E-state index contributed by atoms with van der Waals surface area (Å²) in [5.41, 5.74) is 7.18. The number of fused-ring (bicyclic) bond motifs is 1. The monoisotopic (exact) mass is 310 g/mol. The van der Waals surface area contributed by atoms with Gasteiger partial charge in [0.15, 0.2) is 11.5 Å². The average Bonchev–Trinajstić information content (AvgIpc) is 2.79. The van der Waals surface area contributed by atoms with Gasteiger partial charge in [0.1, 0.15) is 13.2 Å². The fourth-order valence-corrected chi connectivity index (χ4v) is 3.83. The van der Waals surface area contributed by atoms with E-state index in [2.05, 4.69) is 18.7 Å². The maximum absolute atomic E-state index is 6.36. The van der Waals surface area contributed by atoms with E-state index in [4.69, 9.17) is 26.8 Å². The Labute approximate surface area is 131 Å². The molecule has 0 aromatic heterocycles. The van der Waals surface area contributed by atoms with Crippen molar-refractivity contribution in [1.82, 2.24) is 4.90 Å². The zero-order chi connectivity index (χ0) is 15.0. The average molecular weight is 311 g/mol. The topological polar surface area (TPSA) is 47.7 Å². The minimum atomic E-state index is 0.179. The number of nitrogens with zero attached hydrogens (tertiary/aromatic N) is 1. The van der Waals surface area contributed by atoms with Gasteiger partial charge in [-0.3, -0.25) is 4.90 Å². The van der Waals surface area contributed by atoms with Crippen molar-refractivity contribution in [3.8, 4) is 11.5 Å². The third kappa shape index (κ3) is 2.85. The smallest absolute Gasteiger partial charge is 0.179 e. The maximum atomic E-state index is 6.36. The molecule has 1 aromatic rings. The van der Waals surface area contributed by atoms with Crippen molar-refractivity contribution < 1.29 is 9.47 Å². The Kier molecular flexibility index (Phi) is 4.29. The Bertz CT molecular complexity index is 523. The Hall–Kier alpha value is -0.970. The van der Waals surface area contributed by atoms with E-state index in [9.17, 15) is 0 Å². The van der Waals surface area contributed by atoms with Crippen LogP contribution in [0.1, 0.15) is 31.9 Å². The predicted octanol–water partition coefficient (Wildman–Crippen LogP) is 2.84. The van der Waals surface area contributed by atoms with Crippen molar-refractivity contribution >= 4 is 11.6 Å². The van der Waals surface area contributed by atoms with Gasteiger partial charge in [0.05, 0.1) is 5.02 Å². The third-order valence-corrected chi connectivity index (χ3v) is 4.74. The third-order valence-electron chi connectivity index (χ3n) is 4.46. The van der Waals surface area contributed by atoms with Gasteiger partial charge in [-0.2, -0.15) is 0 Å². The number of rotatable bonds is 3. The molecule has 3 atom stereocenters. The van der Waals surface area contributed by atoms with Crippen LogP contribution >= 0.6 is 11.6 Å². The molecule has 21 heavy (non-hydrogen) atoms. The largest absolute Gasteiger partial charge is 0.486 e. The van der Waals surface area contributed by atoms with Gasteiger partial charge in [-0.05, 0) is 37.0 Å². The molecule has 4 nitrogen and oxygen atoms in total. The van der Waals surface area contributed by atoms with Crippen LogP contribution in [0.4, 0.5) is 0 Å². The van der Waals surface area contributed by atoms with Gasteiger partial charge in [0, 0.05) is 25.2 Å². The lowest BCUT2D eigenvalue weighted by Gasteiger charge is -2.32. The molecule has 1 saturated heterocycles. The summed E-state index contributed by atoms with van der Waals surface area (Å²) in [5.74, 6) is 2.11. The van der Waals surface area contributed by atoms with E-state index in [0.29, 0.717) is 42.5 Å². The van der Waals surface area contributed by atoms with Crippen LogP contribution in [0.3, 0.4) is 0 Å². The Morgan fingerprint density at radius 1 is 1.33 bits per heavy atom. The van der Waals surface area contributed by atoms with Crippen LogP contribution in [0.5, 0.6) is 11.5 Å². The van der Waals surface area contributed by atoms with Crippen molar-refractivity contribution in [3.63, 3.8) is 0 Å². The van der Waals surface area contributed by atoms with E-state index in [1.165, 1.54) is 6.42 Å². The lowest BCUT2D eigenvalue weighted by atomic mass is 10.0. The van der Waals surface area contributed by atoms with Gasteiger partial charge >= 0.3 is 0 Å². The summed E-state index contributed by atoms with van der Waals surface area (Å²) < 4.78 is 11.3. The molecule has 0 amide bonds. The molecular weight excluding hydrogens is 288 g/mol. The molecule has 0 bridgehead atoms. The fraction of sp³-hybridized carbons (Fsp3) is 0.625. The summed E-state index contributed by atoms with van der Waals surface area (Å²) in [4.78, 5) is 2.48.